The van der Waals surface area contributed by atoms with E-state index >= 15 is 0 Å². The van der Waals surface area contributed by atoms with Gasteiger partial charge in [0.2, 0.25) is 0 Å². The van der Waals surface area contributed by atoms with Crippen LogP contribution in [-0.2, 0) is 0 Å². The van der Waals surface area contributed by atoms with Crippen molar-refractivity contribution < 1.29 is 4.79 Å². The maximum absolute atomic E-state index is 11.2. The normalized spacial score (nSPS) is 14.5. The molecule has 0 heterocycles. The summed E-state index contributed by atoms with van der Waals surface area (Å²) in [6.45, 7) is 7.83. The smallest absolute Gasteiger partial charge is 0.315 e. The molecule has 2 atom stereocenters. The fraction of sp³-hybridized carbons (Fsp3) is 0.700. The summed E-state index contributed by atoms with van der Waals surface area (Å²) in [5.41, 5.74) is 0. The molecule has 3 nitrogen and oxygen atoms in total. The number of hydrogen-bond donors (Lipinski definition) is 2. The zero-order valence-electron chi connectivity index (χ0n) is 8.72. The van der Waals surface area contributed by atoms with Crippen LogP contribution in [0, 0.1) is 18.3 Å². The summed E-state index contributed by atoms with van der Waals surface area (Å²) >= 11 is 0. The molecule has 0 aliphatic heterocycles. The summed E-state index contributed by atoms with van der Waals surface area (Å²) in [4.78, 5) is 11.2. The molecule has 2 N–H and O–H groups in total. The number of urea groups is 1. The molecule has 0 aromatic carbocycles. The second-order valence-corrected chi connectivity index (χ2v) is 3.54. The van der Waals surface area contributed by atoms with Gasteiger partial charge in [-0.1, -0.05) is 19.8 Å². The first-order valence-corrected chi connectivity index (χ1v) is 4.50. The van der Waals surface area contributed by atoms with Gasteiger partial charge in [0.25, 0.3) is 0 Å². The van der Waals surface area contributed by atoms with Gasteiger partial charge in [-0.25, -0.2) is 4.79 Å². The Morgan fingerprint density at radius 3 is 2.15 bits per heavy atom. The summed E-state index contributed by atoms with van der Waals surface area (Å²) in [7, 11) is 0. The molecule has 2 amide bonds. The van der Waals surface area contributed by atoms with E-state index in [4.69, 9.17) is 6.42 Å². The van der Waals surface area contributed by atoms with Crippen molar-refractivity contribution in [2.45, 2.75) is 39.8 Å². The van der Waals surface area contributed by atoms with Gasteiger partial charge in [-0.2, -0.15) is 0 Å². The van der Waals surface area contributed by atoms with E-state index in [0.717, 1.165) is 0 Å². The van der Waals surface area contributed by atoms with Gasteiger partial charge in [-0.15, -0.1) is 6.42 Å². The van der Waals surface area contributed by atoms with Crippen LogP contribution in [0.25, 0.3) is 0 Å². The quantitative estimate of drug-likeness (QED) is 0.636. The molecule has 2 unspecified atom stereocenters. The van der Waals surface area contributed by atoms with Crippen molar-refractivity contribution in [2.24, 2.45) is 5.92 Å². The monoisotopic (exact) mass is 182 g/mol. The van der Waals surface area contributed by atoms with Crippen LogP contribution >= 0.6 is 0 Å². The van der Waals surface area contributed by atoms with E-state index in [1.165, 1.54) is 0 Å². The summed E-state index contributed by atoms with van der Waals surface area (Å²) in [5, 5.41) is 5.43. The van der Waals surface area contributed by atoms with Gasteiger partial charge >= 0.3 is 6.03 Å². The second-order valence-electron chi connectivity index (χ2n) is 3.54. The molecule has 0 fully saturated rings. The fourth-order valence-corrected chi connectivity index (χ4v) is 0.653. The molecule has 0 aromatic rings. The Bertz CT molecular complexity index is 205. The third-order valence-corrected chi connectivity index (χ3v) is 1.96. The van der Waals surface area contributed by atoms with Crippen molar-refractivity contribution in [3.05, 3.63) is 0 Å². The van der Waals surface area contributed by atoms with Crippen LogP contribution in [-0.4, -0.2) is 18.1 Å². The van der Waals surface area contributed by atoms with Gasteiger partial charge in [-0.05, 0) is 19.8 Å². The first kappa shape index (κ1) is 11.8. The zero-order chi connectivity index (χ0) is 10.4. The largest absolute Gasteiger partial charge is 0.335 e. The molecule has 0 saturated carbocycles. The van der Waals surface area contributed by atoms with Gasteiger partial charge in [0, 0.05) is 6.04 Å². The van der Waals surface area contributed by atoms with Gasteiger partial charge in [0.05, 0.1) is 6.04 Å². The Balaban J connectivity index is 3.82. The van der Waals surface area contributed by atoms with E-state index in [9.17, 15) is 4.79 Å². The predicted octanol–water partition coefficient (Wildman–Crippen LogP) is 1.35. The van der Waals surface area contributed by atoms with E-state index in [1.807, 2.05) is 6.92 Å². The Morgan fingerprint density at radius 2 is 1.77 bits per heavy atom. The van der Waals surface area contributed by atoms with Gasteiger partial charge in [-0.3, -0.25) is 0 Å². The minimum Gasteiger partial charge on any atom is -0.335 e. The molecule has 0 aromatic heterocycles. The molecule has 0 bridgehead atoms. The fourth-order valence-electron chi connectivity index (χ4n) is 0.653. The van der Waals surface area contributed by atoms with Crippen molar-refractivity contribution in [1.29, 1.82) is 0 Å². The van der Waals surface area contributed by atoms with Crippen molar-refractivity contribution in [2.75, 3.05) is 0 Å². The van der Waals surface area contributed by atoms with Gasteiger partial charge in [0.15, 0.2) is 0 Å². The predicted molar refractivity (Wildman–Crippen MR) is 54.3 cm³/mol. The first-order chi connectivity index (χ1) is 5.97. The molecule has 0 aliphatic rings. The number of rotatable bonds is 3. The van der Waals surface area contributed by atoms with Crippen LogP contribution < -0.4 is 10.6 Å². The lowest BCUT2D eigenvalue weighted by Crippen LogP contribution is -2.45. The number of nitrogens with one attached hydrogen (secondary N) is 2. The summed E-state index contributed by atoms with van der Waals surface area (Å²) in [6.07, 6.45) is 5.12. The molecular weight excluding hydrogens is 164 g/mol. The van der Waals surface area contributed by atoms with E-state index in [-0.39, 0.29) is 18.1 Å². The van der Waals surface area contributed by atoms with Gasteiger partial charge in [0.1, 0.15) is 0 Å². The number of hydrogen-bond acceptors (Lipinski definition) is 1. The minimum absolute atomic E-state index is 0.157. The Hall–Kier alpha value is -1.17. The van der Waals surface area contributed by atoms with Crippen molar-refractivity contribution in [3.8, 4) is 12.3 Å². The molecule has 0 aliphatic carbocycles. The maximum atomic E-state index is 11.2. The van der Waals surface area contributed by atoms with Crippen LogP contribution in [0.15, 0.2) is 0 Å². The van der Waals surface area contributed by atoms with Crippen molar-refractivity contribution >= 4 is 6.03 Å². The first-order valence-electron chi connectivity index (χ1n) is 4.50. The van der Waals surface area contributed by atoms with Crippen molar-refractivity contribution in [3.63, 3.8) is 0 Å². The molecule has 13 heavy (non-hydrogen) atoms. The van der Waals surface area contributed by atoms with E-state index < -0.39 is 0 Å². The lowest BCUT2D eigenvalue weighted by atomic mass is 10.1. The van der Waals surface area contributed by atoms with E-state index in [2.05, 4.69) is 30.4 Å². The van der Waals surface area contributed by atoms with E-state index in [1.54, 1.807) is 6.92 Å². The topological polar surface area (TPSA) is 41.1 Å². The molecule has 0 rings (SSSR count). The Labute approximate surface area is 80.3 Å². The molecule has 3 heteroatoms. The van der Waals surface area contributed by atoms with Crippen LogP contribution in [0.4, 0.5) is 4.79 Å². The highest BCUT2D eigenvalue weighted by Gasteiger charge is 2.10. The van der Waals surface area contributed by atoms with Crippen LogP contribution in [0.5, 0.6) is 0 Å². The molecule has 0 radical (unpaired) electrons. The highest BCUT2D eigenvalue weighted by Crippen LogP contribution is 1.98. The van der Waals surface area contributed by atoms with E-state index in [0.29, 0.717) is 5.92 Å². The number of carbonyl (C=O) groups excluding carboxylic acids is 1. The summed E-state index contributed by atoms with van der Waals surface area (Å²) in [5.74, 6) is 2.85. The summed E-state index contributed by atoms with van der Waals surface area (Å²) in [6, 6.07) is -0.268. The highest BCUT2D eigenvalue weighted by atomic mass is 16.2. The summed E-state index contributed by atoms with van der Waals surface area (Å²) < 4.78 is 0. The maximum Gasteiger partial charge on any atom is 0.315 e. The van der Waals surface area contributed by atoms with Crippen molar-refractivity contribution in [1.82, 2.24) is 10.6 Å². The number of carbonyl (C=O) groups is 1. The number of terminal acetylenes is 1. The highest BCUT2D eigenvalue weighted by molar-refractivity contribution is 5.74. The number of amides is 2. The lowest BCUT2D eigenvalue weighted by molar-refractivity contribution is 0.233. The standard InChI is InChI=1S/C10H18N2O/c1-6-8(4)11-10(13)12-9(5)7(2)3/h1,7-9H,2-5H3,(H2,11,12,13). The average Bonchev–Trinajstić information content (AvgIpc) is 2.03. The van der Waals surface area contributed by atoms with Gasteiger partial charge < -0.3 is 10.6 Å². The Morgan fingerprint density at radius 1 is 1.23 bits per heavy atom. The zero-order valence-corrected chi connectivity index (χ0v) is 8.72. The molecular formula is C10H18N2O. The third-order valence-electron chi connectivity index (χ3n) is 1.96. The molecule has 74 valence electrons. The average molecular weight is 182 g/mol. The van der Waals surface area contributed by atoms with Crippen LogP contribution in [0.3, 0.4) is 0 Å². The molecule has 0 saturated heterocycles. The SMILES string of the molecule is C#CC(C)NC(=O)NC(C)C(C)C. The minimum atomic E-state index is -0.223. The third kappa shape index (κ3) is 5.13. The lowest BCUT2D eigenvalue weighted by Gasteiger charge is -2.18. The Kier molecular flexibility index (Phi) is 4.98. The van der Waals surface area contributed by atoms with Crippen LogP contribution in [0.2, 0.25) is 0 Å². The van der Waals surface area contributed by atoms with Crippen LogP contribution in [0.1, 0.15) is 27.7 Å². The second kappa shape index (κ2) is 5.47. The molecule has 0 spiro atoms.